The van der Waals surface area contributed by atoms with Gasteiger partial charge >= 0.3 is 12.2 Å². The predicted octanol–water partition coefficient (Wildman–Crippen LogP) is 4.22. The number of benzene rings is 1. The number of rotatable bonds is 3. The lowest BCUT2D eigenvalue weighted by Crippen LogP contribution is -2.42. The molecule has 1 heterocycles. The summed E-state index contributed by atoms with van der Waals surface area (Å²) in [6.45, 7) is 10.1. The molecule has 2 aromatic rings. The summed E-state index contributed by atoms with van der Waals surface area (Å²) < 4.78 is 38.8. The molecule has 1 aliphatic rings. The highest BCUT2D eigenvalue weighted by atomic mass is 32.2. The van der Waals surface area contributed by atoms with E-state index in [1.165, 1.54) is 24.4 Å². The van der Waals surface area contributed by atoms with Crippen LogP contribution in [0.2, 0.25) is 0 Å². The van der Waals surface area contributed by atoms with Crippen LogP contribution in [0.3, 0.4) is 0 Å². The summed E-state index contributed by atoms with van der Waals surface area (Å²) in [5.74, 6) is -0.362. The first-order valence-corrected chi connectivity index (χ1v) is 11.4. The van der Waals surface area contributed by atoms with Crippen LogP contribution in [0, 0.1) is 0 Å². The summed E-state index contributed by atoms with van der Waals surface area (Å²) in [6.07, 6.45) is 0.711. The average Bonchev–Trinajstić information content (AvgIpc) is 3.34. The van der Waals surface area contributed by atoms with Crippen LogP contribution in [0.5, 0.6) is 5.88 Å². The van der Waals surface area contributed by atoms with Crippen molar-refractivity contribution in [3.63, 3.8) is 0 Å². The molecule has 0 unspecified atom stereocenters. The molecule has 1 fully saturated rings. The number of amides is 1. The van der Waals surface area contributed by atoms with E-state index in [0.717, 1.165) is 8.87 Å². The molecule has 3 rings (SSSR count). The Kier molecular flexibility index (Phi) is 5.50. The fourth-order valence-electron chi connectivity index (χ4n) is 2.96. The first-order chi connectivity index (χ1) is 14.1. The summed E-state index contributed by atoms with van der Waals surface area (Å²) in [7, 11) is -4.20. The molecule has 0 aliphatic heterocycles. The Morgan fingerprint density at radius 3 is 2.16 bits per heavy atom. The van der Waals surface area contributed by atoms with Crippen molar-refractivity contribution >= 4 is 33.0 Å². The molecular formula is C21H28N2O7S. The van der Waals surface area contributed by atoms with Crippen LogP contribution in [0.25, 0.3) is 10.8 Å². The molecule has 1 N–H and O–H groups in total. The minimum atomic E-state index is -4.20. The fraction of sp³-hybridized carbons (Fsp3) is 0.524. The summed E-state index contributed by atoms with van der Waals surface area (Å²) >= 11 is 0. The smallest absolute Gasteiger partial charge is 0.424 e. The molecule has 31 heavy (non-hydrogen) atoms. The minimum absolute atomic E-state index is 0.140. The molecule has 1 aromatic carbocycles. The third kappa shape index (κ3) is 4.95. The van der Waals surface area contributed by atoms with Gasteiger partial charge in [-0.25, -0.2) is 22.6 Å². The molecule has 0 atom stereocenters. The van der Waals surface area contributed by atoms with Crippen LogP contribution in [0.4, 0.5) is 9.59 Å². The van der Waals surface area contributed by atoms with Gasteiger partial charge in [0.25, 0.3) is 10.0 Å². The van der Waals surface area contributed by atoms with Crippen molar-refractivity contribution in [2.75, 3.05) is 0 Å². The zero-order chi connectivity index (χ0) is 23.4. The molecule has 0 saturated heterocycles. The maximum absolute atomic E-state index is 13.3. The van der Waals surface area contributed by atoms with Gasteiger partial charge in [0.1, 0.15) is 11.2 Å². The largest absolute Gasteiger partial charge is 0.494 e. The summed E-state index contributed by atoms with van der Waals surface area (Å²) in [5, 5.41) is 11.0. The van der Waals surface area contributed by atoms with Gasteiger partial charge in [-0.1, -0.05) is 0 Å². The second-order valence-electron chi connectivity index (χ2n) is 9.56. The Morgan fingerprint density at radius 1 is 1.06 bits per heavy atom. The highest BCUT2D eigenvalue weighted by Gasteiger charge is 2.44. The Bertz CT molecular complexity index is 1130. The van der Waals surface area contributed by atoms with Gasteiger partial charge < -0.3 is 14.6 Å². The number of carbonyl (C=O) groups is 2. The van der Waals surface area contributed by atoms with Gasteiger partial charge in [0.05, 0.1) is 10.9 Å². The summed E-state index contributed by atoms with van der Waals surface area (Å²) in [6, 6.07) is 3.54. The number of aromatic nitrogens is 1. The molecule has 9 nitrogen and oxygen atoms in total. The monoisotopic (exact) mass is 452 g/mol. The van der Waals surface area contributed by atoms with Crippen molar-refractivity contribution in [1.29, 1.82) is 0 Å². The second-order valence-corrected chi connectivity index (χ2v) is 11.4. The molecule has 0 radical (unpaired) electrons. The highest BCUT2D eigenvalue weighted by molar-refractivity contribution is 7.89. The van der Waals surface area contributed by atoms with Gasteiger partial charge in [0.2, 0.25) is 5.88 Å². The number of fused-ring (bicyclic) bond motifs is 1. The SMILES string of the molecule is CC(C)(C)OC(=O)N(C1CC1)S(=O)(=O)c1ccc2c(O)n(C(=O)OC(C)(C)C)cc2c1. The number of aromatic hydroxyl groups is 1. The van der Waals surface area contributed by atoms with E-state index in [0.29, 0.717) is 18.2 Å². The Balaban J connectivity index is 2.00. The van der Waals surface area contributed by atoms with E-state index >= 15 is 0 Å². The van der Waals surface area contributed by atoms with E-state index in [4.69, 9.17) is 9.47 Å². The van der Waals surface area contributed by atoms with E-state index in [9.17, 15) is 23.1 Å². The highest BCUT2D eigenvalue weighted by Crippen LogP contribution is 2.36. The Hall–Kier alpha value is -2.75. The topological polar surface area (TPSA) is 115 Å². The van der Waals surface area contributed by atoms with Gasteiger partial charge in [-0.05, 0) is 72.6 Å². The molecule has 0 spiro atoms. The lowest BCUT2D eigenvalue weighted by Gasteiger charge is -2.27. The third-order valence-corrected chi connectivity index (χ3v) is 6.17. The molecule has 1 aliphatic carbocycles. The number of ether oxygens (including phenoxy) is 2. The van der Waals surface area contributed by atoms with Crippen LogP contribution < -0.4 is 0 Å². The van der Waals surface area contributed by atoms with Crippen molar-refractivity contribution in [2.24, 2.45) is 0 Å². The van der Waals surface area contributed by atoms with Gasteiger partial charge in [-0.2, -0.15) is 4.31 Å². The lowest BCUT2D eigenvalue weighted by molar-refractivity contribution is 0.0380. The number of nitrogens with zero attached hydrogens (tertiary/aromatic N) is 2. The van der Waals surface area contributed by atoms with Crippen molar-refractivity contribution < 1.29 is 32.6 Å². The van der Waals surface area contributed by atoms with Crippen LogP contribution in [0.1, 0.15) is 54.4 Å². The van der Waals surface area contributed by atoms with E-state index in [1.807, 2.05) is 0 Å². The lowest BCUT2D eigenvalue weighted by atomic mass is 10.2. The Morgan fingerprint density at radius 2 is 1.65 bits per heavy atom. The van der Waals surface area contributed by atoms with Gasteiger partial charge in [0.15, 0.2) is 0 Å². The summed E-state index contributed by atoms with van der Waals surface area (Å²) in [5.41, 5.74) is -1.62. The third-order valence-electron chi connectivity index (χ3n) is 4.36. The standard InChI is InChI=1S/C21H28N2O7S/c1-20(2,3)29-18(25)22-12-13-11-15(9-10-16(13)17(22)24)31(27,28)23(14-7-8-14)19(26)30-21(4,5)6/h9-12,14,24H,7-8H2,1-6H3. The maximum atomic E-state index is 13.3. The molecule has 0 bridgehead atoms. The quantitative estimate of drug-likeness (QED) is 0.741. The van der Waals surface area contributed by atoms with E-state index in [-0.39, 0.29) is 16.2 Å². The van der Waals surface area contributed by atoms with Crippen molar-refractivity contribution in [1.82, 2.24) is 8.87 Å². The number of hydrogen-bond acceptors (Lipinski definition) is 7. The zero-order valence-corrected chi connectivity index (χ0v) is 19.3. The molecule has 1 aromatic heterocycles. The van der Waals surface area contributed by atoms with Gasteiger partial charge in [-0.15, -0.1) is 0 Å². The number of carbonyl (C=O) groups excluding carboxylic acids is 2. The normalized spacial score (nSPS) is 15.0. The maximum Gasteiger partial charge on any atom is 0.424 e. The van der Waals surface area contributed by atoms with E-state index in [1.54, 1.807) is 41.5 Å². The van der Waals surface area contributed by atoms with Gasteiger partial charge in [-0.3, -0.25) is 0 Å². The molecular weight excluding hydrogens is 424 g/mol. The molecule has 170 valence electrons. The summed E-state index contributed by atoms with van der Waals surface area (Å²) in [4.78, 5) is 24.8. The van der Waals surface area contributed by atoms with Crippen molar-refractivity contribution in [2.45, 2.75) is 76.5 Å². The minimum Gasteiger partial charge on any atom is -0.494 e. The van der Waals surface area contributed by atoms with Crippen molar-refractivity contribution in [3.8, 4) is 5.88 Å². The van der Waals surface area contributed by atoms with Crippen molar-refractivity contribution in [3.05, 3.63) is 24.4 Å². The number of hydrogen-bond donors (Lipinski definition) is 1. The van der Waals surface area contributed by atoms with Crippen LogP contribution in [-0.2, 0) is 19.5 Å². The first kappa shape index (κ1) is 22.9. The van der Waals surface area contributed by atoms with E-state index < -0.39 is 39.5 Å². The van der Waals surface area contributed by atoms with Crippen LogP contribution in [-0.4, -0.2) is 51.8 Å². The number of sulfonamides is 1. The predicted molar refractivity (Wildman–Crippen MR) is 114 cm³/mol. The van der Waals surface area contributed by atoms with Crippen LogP contribution in [0.15, 0.2) is 29.3 Å². The van der Waals surface area contributed by atoms with Crippen LogP contribution >= 0.6 is 0 Å². The second kappa shape index (κ2) is 7.44. The average molecular weight is 453 g/mol. The van der Waals surface area contributed by atoms with E-state index in [2.05, 4.69) is 0 Å². The molecule has 1 amide bonds. The molecule has 1 saturated carbocycles. The first-order valence-electron chi connectivity index (χ1n) is 9.95. The Labute approximate surface area is 181 Å². The zero-order valence-electron chi connectivity index (χ0n) is 18.5. The van der Waals surface area contributed by atoms with Gasteiger partial charge in [0, 0.05) is 17.0 Å². The molecule has 10 heteroatoms. The fourth-order valence-corrected chi connectivity index (χ4v) is 4.54.